The molecule has 2 aromatic rings. The van der Waals surface area contributed by atoms with Crippen molar-refractivity contribution >= 4 is 29.3 Å². The Morgan fingerprint density at radius 3 is 2.52 bits per heavy atom. The van der Waals surface area contributed by atoms with Crippen molar-refractivity contribution in [3.8, 4) is 0 Å². The van der Waals surface area contributed by atoms with E-state index in [2.05, 4.69) is 17.0 Å². The molecule has 0 unspecified atom stereocenters. The van der Waals surface area contributed by atoms with Gasteiger partial charge in [-0.2, -0.15) is 0 Å². The topological polar surface area (TPSA) is 43.8 Å². The third kappa shape index (κ3) is 4.09. The highest BCUT2D eigenvalue weighted by Gasteiger charge is 2.38. The van der Waals surface area contributed by atoms with E-state index in [-0.39, 0.29) is 12.0 Å². The van der Waals surface area contributed by atoms with Gasteiger partial charge >= 0.3 is 6.09 Å². The Hall–Kier alpha value is -1.75. The standard InChI is InChI=1S/C19H20Cl2N2O2/c1-22(19(24)25)18-12-23(10-13-5-3-2-4-6-13)11-15(18)14-7-8-16(20)17(21)9-14/h2-9,15,18H,10-12H2,1H3,(H,24,25)/t15-,18+/m0/s1. The predicted octanol–water partition coefficient (Wildman–Crippen LogP) is 4.57. The SMILES string of the molecule is CN(C(=O)O)[C@@H]1CN(Cc2ccccc2)C[C@H]1c1ccc(Cl)c(Cl)c1. The average Bonchev–Trinajstić information content (AvgIpc) is 3.01. The Morgan fingerprint density at radius 2 is 1.88 bits per heavy atom. The summed E-state index contributed by atoms with van der Waals surface area (Å²) < 4.78 is 0. The van der Waals surface area contributed by atoms with E-state index in [4.69, 9.17) is 23.2 Å². The molecule has 0 bridgehead atoms. The number of nitrogens with zero attached hydrogens (tertiary/aromatic N) is 2. The molecule has 1 heterocycles. The fourth-order valence-electron chi connectivity index (χ4n) is 3.44. The molecule has 0 radical (unpaired) electrons. The van der Waals surface area contributed by atoms with Crippen molar-refractivity contribution < 1.29 is 9.90 Å². The lowest BCUT2D eigenvalue weighted by atomic mass is 9.93. The molecule has 6 heteroatoms. The highest BCUT2D eigenvalue weighted by molar-refractivity contribution is 6.42. The quantitative estimate of drug-likeness (QED) is 0.846. The highest BCUT2D eigenvalue weighted by Crippen LogP contribution is 2.34. The summed E-state index contributed by atoms with van der Waals surface area (Å²) in [7, 11) is 1.63. The van der Waals surface area contributed by atoms with Crippen molar-refractivity contribution in [2.45, 2.75) is 18.5 Å². The monoisotopic (exact) mass is 378 g/mol. The number of carboxylic acid groups (broad SMARTS) is 1. The van der Waals surface area contributed by atoms with Crippen LogP contribution in [0.5, 0.6) is 0 Å². The van der Waals surface area contributed by atoms with Crippen LogP contribution < -0.4 is 0 Å². The molecule has 1 fully saturated rings. The van der Waals surface area contributed by atoms with Crippen molar-refractivity contribution in [1.82, 2.24) is 9.80 Å². The van der Waals surface area contributed by atoms with Crippen LogP contribution in [-0.2, 0) is 6.54 Å². The maximum absolute atomic E-state index is 11.5. The van der Waals surface area contributed by atoms with Crippen molar-refractivity contribution in [3.05, 3.63) is 69.7 Å². The third-order valence-corrected chi connectivity index (χ3v) is 5.52. The summed E-state index contributed by atoms with van der Waals surface area (Å²) in [6.07, 6.45) is -0.920. The molecular formula is C19H20Cl2N2O2. The zero-order chi connectivity index (χ0) is 18.0. The van der Waals surface area contributed by atoms with E-state index in [1.807, 2.05) is 30.3 Å². The third-order valence-electron chi connectivity index (χ3n) is 4.78. The molecule has 2 atom stereocenters. The predicted molar refractivity (Wildman–Crippen MR) is 100 cm³/mol. The molecule has 0 aliphatic carbocycles. The van der Waals surface area contributed by atoms with Gasteiger partial charge in [0, 0.05) is 32.6 Å². The maximum Gasteiger partial charge on any atom is 0.407 e. The molecule has 25 heavy (non-hydrogen) atoms. The van der Waals surface area contributed by atoms with Gasteiger partial charge in [-0.15, -0.1) is 0 Å². The second kappa shape index (κ2) is 7.65. The summed E-state index contributed by atoms with van der Waals surface area (Å²) >= 11 is 12.2. The van der Waals surface area contributed by atoms with Crippen LogP contribution in [0.1, 0.15) is 17.0 Å². The molecule has 0 aromatic heterocycles. The summed E-state index contributed by atoms with van der Waals surface area (Å²) in [5.74, 6) is 0.0552. The molecular weight excluding hydrogens is 359 g/mol. The lowest BCUT2D eigenvalue weighted by Gasteiger charge is -2.27. The number of amides is 1. The van der Waals surface area contributed by atoms with E-state index < -0.39 is 6.09 Å². The van der Waals surface area contributed by atoms with Crippen molar-refractivity contribution in [1.29, 1.82) is 0 Å². The van der Waals surface area contributed by atoms with E-state index in [9.17, 15) is 9.90 Å². The summed E-state index contributed by atoms with van der Waals surface area (Å²) in [5.41, 5.74) is 2.23. The number of rotatable bonds is 4. The molecule has 0 saturated carbocycles. The lowest BCUT2D eigenvalue weighted by molar-refractivity contribution is 0.135. The van der Waals surface area contributed by atoms with Crippen LogP contribution in [0.15, 0.2) is 48.5 Å². The minimum atomic E-state index is -0.920. The molecule has 1 aliphatic heterocycles. The van der Waals surface area contributed by atoms with Crippen molar-refractivity contribution in [2.24, 2.45) is 0 Å². The molecule has 3 rings (SSSR count). The van der Waals surface area contributed by atoms with Crippen LogP contribution in [0.4, 0.5) is 4.79 Å². The van der Waals surface area contributed by atoms with Gasteiger partial charge in [0.15, 0.2) is 0 Å². The van der Waals surface area contributed by atoms with Gasteiger partial charge in [0.2, 0.25) is 0 Å². The van der Waals surface area contributed by atoms with Gasteiger partial charge in [0.05, 0.1) is 16.1 Å². The van der Waals surface area contributed by atoms with Crippen LogP contribution >= 0.6 is 23.2 Å². The Labute approximate surface area is 157 Å². The Kier molecular flexibility index (Phi) is 5.52. The van der Waals surface area contributed by atoms with Gasteiger partial charge < -0.3 is 10.0 Å². The molecule has 4 nitrogen and oxygen atoms in total. The van der Waals surface area contributed by atoms with Gasteiger partial charge in [-0.05, 0) is 23.3 Å². The van der Waals surface area contributed by atoms with Gasteiger partial charge in [0.1, 0.15) is 0 Å². The first-order chi connectivity index (χ1) is 12.0. The first-order valence-corrected chi connectivity index (χ1v) is 8.88. The van der Waals surface area contributed by atoms with E-state index in [1.165, 1.54) is 10.5 Å². The van der Waals surface area contributed by atoms with E-state index in [0.717, 1.165) is 18.7 Å². The van der Waals surface area contributed by atoms with Gasteiger partial charge in [-0.3, -0.25) is 4.90 Å². The van der Waals surface area contributed by atoms with E-state index in [1.54, 1.807) is 13.1 Å². The largest absolute Gasteiger partial charge is 0.465 e. The Balaban J connectivity index is 1.85. The zero-order valence-electron chi connectivity index (χ0n) is 13.9. The zero-order valence-corrected chi connectivity index (χ0v) is 15.4. The fourth-order valence-corrected chi connectivity index (χ4v) is 3.75. The van der Waals surface area contributed by atoms with Gasteiger partial charge in [0.25, 0.3) is 0 Å². The minimum absolute atomic E-state index is 0.0552. The van der Waals surface area contributed by atoms with Crippen LogP contribution in [0.2, 0.25) is 10.0 Å². The summed E-state index contributed by atoms with van der Waals surface area (Å²) in [6.45, 7) is 2.25. The van der Waals surface area contributed by atoms with Crippen molar-refractivity contribution in [2.75, 3.05) is 20.1 Å². The molecule has 132 valence electrons. The molecule has 1 aliphatic rings. The van der Waals surface area contributed by atoms with E-state index >= 15 is 0 Å². The molecule has 1 N–H and O–H groups in total. The smallest absolute Gasteiger partial charge is 0.407 e. The number of likely N-dealkylation sites (N-methyl/N-ethyl adjacent to an activating group) is 1. The number of likely N-dealkylation sites (tertiary alicyclic amines) is 1. The van der Waals surface area contributed by atoms with Crippen LogP contribution in [-0.4, -0.2) is 47.2 Å². The first-order valence-electron chi connectivity index (χ1n) is 8.12. The number of benzene rings is 2. The summed E-state index contributed by atoms with van der Waals surface area (Å²) in [6, 6.07) is 15.6. The van der Waals surface area contributed by atoms with Gasteiger partial charge in [-0.1, -0.05) is 59.6 Å². The summed E-state index contributed by atoms with van der Waals surface area (Å²) in [4.78, 5) is 15.2. The number of halogens is 2. The molecule has 2 aromatic carbocycles. The molecule has 1 saturated heterocycles. The normalized spacial score (nSPS) is 20.6. The summed E-state index contributed by atoms with van der Waals surface area (Å²) in [5, 5.41) is 10.4. The van der Waals surface area contributed by atoms with Crippen LogP contribution in [0.3, 0.4) is 0 Å². The van der Waals surface area contributed by atoms with Gasteiger partial charge in [-0.25, -0.2) is 4.79 Å². The molecule has 1 amide bonds. The number of hydrogen-bond acceptors (Lipinski definition) is 2. The average molecular weight is 379 g/mol. The number of carbonyl (C=O) groups is 1. The Morgan fingerprint density at radius 1 is 1.16 bits per heavy atom. The minimum Gasteiger partial charge on any atom is -0.465 e. The maximum atomic E-state index is 11.5. The van der Waals surface area contributed by atoms with Crippen LogP contribution in [0, 0.1) is 0 Å². The number of hydrogen-bond donors (Lipinski definition) is 1. The van der Waals surface area contributed by atoms with Crippen LogP contribution in [0.25, 0.3) is 0 Å². The molecule has 0 spiro atoms. The van der Waals surface area contributed by atoms with E-state index in [0.29, 0.717) is 16.6 Å². The second-order valence-corrected chi connectivity index (χ2v) is 7.23. The lowest BCUT2D eigenvalue weighted by Crippen LogP contribution is -2.40. The fraction of sp³-hybridized carbons (Fsp3) is 0.316. The second-order valence-electron chi connectivity index (χ2n) is 6.42. The van der Waals surface area contributed by atoms with Crippen molar-refractivity contribution in [3.63, 3.8) is 0 Å². The first kappa shape index (κ1) is 18.1. The highest BCUT2D eigenvalue weighted by atomic mass is 35.5. The Bertz CT molecular complexity index is 754.